The Morgan fingerprint density at radius 2 is 1.76 bits per heavy atom. The predicted octanol–water partition coefficient (Wildman–Crippen LogP) is 2.91. The Kier molecular flexibility index (Phi) is 9.00. The van der Waals surface area contributed by atoms with Gasteiger partial charge in [0.15, 0.2) is 0 Å². The average molecular weight is 417 g/mol. The van der Waals surface area contributed by atoms with Gasteiger partial charge in [-0.25, -0.2) is 15.6 Å². The summed E-state index contributed by atoms with van der Waals surface area (Å²) in [6.45, 7) is 2.39. The standard InChI is InChI=1S/C20H23N3O5S/c1-2-27-20(26)22-16-10-8-15(9-11-16)19(25)23(21)18(24)14-29-13-12-28-17-6-4-3-5-7-17/h3-11H,2,12-14,21H2,1H3,(H,22,26). The molecule has 0 heterocycles. The smallest absolute Gasteiger partial charge is 0.411 e. The Morgan fingerprint density at radius 1 is 1.07 bits per heavy atom. The van der Waals surface area contributed by atoms with Crippen molar-refractivity contribution in [1.82, 2.24) is 5.01 Å². The molecule has 154 valence electrons. The Bertz CT molecular complexity index is 815. The molecule has 2 aromatic rings. The second-order valence-corrected chi connectivity index (χ2v) is 6.81. The third-order valence-corrected chi connectivity index (χ3v) is 4.51. The number of carbonyl (C=O) groups is 3. The fraction of sp³-hybridized carbons (Fsp3) is 0.250. The number of amides is 3. The van der Waals surface area contributed by atoms with Crippen LogP contribution in [0.4, 0.5) is 10.5 Å². The van der Waals surface area contributed by atoms with Crippen LogP contribution in [0.2, 0.25) is 0 Å². The molecule has 0 atom stereocenters. The zero-order chi connectivity index (χ0) is 21.1. The summed E-state index contributed by atoms with van der Waals surface area (Å²) in [6.07, 6.45) is -0.588. The first kappa shape index (κ1) is 22.3. The van der Waals surface area contributed by atoms with Crippen LogP contribution in [0.5, 0.6) is 5.75 Å². The number of para-hydroxylation sites is 1. The summed E-state index contributed by atoms with van der Waals surface area (Å²) in [5.74, 6) is 5.92. The Balaban J connectivity index is 1.75. The van der Waals surface area contributed by atoms with Crippen LogP contribution in [0.15, 0.2) is 54.6 Å². The average Bonchev–Trinajstić information content (AvgIpc) is 2.73. The number of hydrogen-bond acceptors (Lipinski definition) is 7. The first-order chi connectivity index (χ1) is 14.0. The fourth-order valence-corrected chi connectivity index (χ4v) is 2.86. The molecule has 9 heteroatoms. The number of rotatable bonds is 9. The molecule has 3 N–H and O–H groups in total. The van der Waals surface area contributed by atoms with Gasteiger partial charge in [-0.15, -0.1) is 11.8 Å². The van der Waals surface area contributed by atoms with Crippen molar-refractivity contribution in [3.8, 4) is 5.75 Å². The number of nitrogens with two attached hydrogens (primary N) is 1. The molecule has 0 radical (unpaired) electrons. The minimum absolute atomic E-state index is 0.0584. The van der Waals surface area contributed by atoms with Gasteiger partial charge >= 0.3 is 6.09 Å². The number of ether oxygens (including phenoxy) is 2. The quantitative estimate of drug-likeness (QED) is 0.279. The summed E-state index contributed by atoms with van der Waals surface area (Å²) < 4.78 is 10.3. The molecule has 0 aromatic heterocycles. The van der Waals surface area contributed by atoms with E-state index in [1.807, 2.05) is 30.3 Å². The van der Waals surface area contributed by atoms with Gasteiger partial charge in [-0.1, -0.05) is 18.2 Å². The number of anilines is 1. The molecule has 0 spiro atoms. The minimum Gasteiger partial charge on any atom is -0.493 e. The molecule has 3 amide bonds. The van der Waals surface area contributed by atoms with Crippen molar-refractivity contribution in [2.75, 3.05) is 30.0 Å². The van der Waals surface area contributed by atoms with Crippen molar-refractivity contribution in [1.29, 1.82) is 0 Å². The van der Waals surface area contributed by atoms with Crippen molar-refractivity contribution in [2.45, 2.75) is 6.92 Å². The van der Waals surface area contributed by atoms with Crippen molar-refractivity contribution >= 4 is 35.4 Å². The molecule has 0 aliphatic rings. The van der Waals surface area contributed by atoms with Crippen LogP contribution in [0.25, 0.3) is 0 Å². The first-order valence-corrected chi connectivity index (χ1v) is 10.1. The van der Waals surface area contributed by atoms with E-state index >= 15 is 0 Å². The summed E-state index contributed by atoms with van der Waals surface area (Å²) in [6, 6.07) is 15.4. The normalized spacial score (nSPS) is 10.1. The lowest BCUT2D eigenvalue weighted by atomic mass is 10.2. The van der Waals surface area contributed by atoms with Gasteiger partial charge in [-0.05, 0) is 43.3 Å². The van der Waals surface area contributed by atoms with E-state index in [-0.39, 0.29) is 17.9 Å². The lowest BCUT2D eigenvalue weighted by Crippen LogP contribution is -2.43. The monoisotopic (exact) mass is 417 g/mol. The van der Waals surface area contributed by atoms with E-state index in [9.17, 15) is 14.4 Å². The number of carbonyl (C=O) groups excluding carboxylic acids is 3. The third kappa shape index (κ3) is 7.47. The van der Waals surface area contributed by atoms with Gasteiger partial charge in [0.2, 0.25) is 0 Å². The molecule has 0 bridgehead atoms. The molecule has 0 aliphatic carbocycles. The highest BCUT2D eigenvalue weighted by Crippen LogP contribution is 2.13. The van der Waals surface area contributed by atoms with Crippen LogP contribution in [-0.4, -0.2) is 47.6 Å². The van der Waals surface area contributed by atoms with Crippen molar-refractivity contribution in [3.05, 3.63) is 60.2 Å². The summed E-state index contributed by atoms with van der Waals surface area (Å²) in [5, 5.41) is 3.11. The summed E-state index contributed by atoms with van der Waals surface area (Å²) in [4.78, 5) is 35.8. The van der Waals surface area contributed by atoms with Crippen molar-refractivity contribution < 1.29 is 23.9 Å². The van der Waals surface area contributed by atoms with Crippen LogP contribution in [-0.2, 0) is 9.53 Å². The molecular weight excluding hydrogens is 394 g/mol. The summed E-state index contributed by atoms with van der Waals surface area (Å²) >= 11 is 1.33. The summed E-state index contributed by atoms with van der Waals surface area (Å²) in [7, 11) is 0. The van der Waals surface area contributed by atoms with Crippen LogP contribution in [0.3, 0.4) is 0 Å². The fourth-order valence-electron chi connectivity index (χ4n) is 2.20. The van der Waals surface area contributed by atoms with E-state index in [1.54, 1.807) is 6.92 Å². The number of nitrogens with one attached hydrogen (secondary N) is 1. The zero-order valence-electron chi connectivity index (χ0n) is 16.0. The molecule has 0 aliphatic heterocycles. The molecule has 2 rings (SSSR count). The number of imide groups is 1. The van der Waals surface area contributed by atoms with E-state index < -0.39 is 17.9 Å². The van der Waals surface area contributed by atoms with Gasteiger partial charge in [0.25, 0.3) is 11.8 Å². The molecule has 0 saturated carbocycles. The predicted molar refractivity (Wildman–Crippen MR) is 112 cm³/mol. The SMILES string of the molecule is CCOC(=O)Nc1ccc(C(=O)N(N)C(=O)CSCCOc2ccccc2)cc1. The van der Waals surface area contributed by atoms with Crippen LogP contribution >= 0.6 is 11.8 Å². The second kappa shape index (κ2) is 11.7. The maximum atomic E-state index is 12.3. The van der Waals surface area contributed by atoms with Gasteiger partial charge in [0.05, 0.1) is 19.0 Å². The third-order valence-electron chi connectivity index (χ3n) is 3.61. The van der Waals surface area contributed by atoms with E-state index in [0.717, 1.165) is 5.75 Å². The summed E-state index contributed by atoms with van der Waals surface area (Å²) in [5.41, 5.74) is 0.691. The van der Waals surface area contributed by atoms with Crippen molar-refractivity contribution in [2.24, 2.45) is 5.84 Å². The maximum Gasteiger partial charge on any atom is 0.411 e. The van der Waals surface area contributed by atoms with Gasteiger partial charge in [-0.2, -0.15) is 0 Å². The molecule has 0 saturated heterocycles. The van der Waals surface area contributed by atoms with Crippen LogP contribution in [0.1, 0.15) is 17.3 Å². The molecule has 2 aromatic carbocycles. The van der Waals surface area contributed by atoms with Gasteiger partial charge in [0, 0.05) is 17.0 Å². The number of nitrogens with zero attached hydrogens (tertiary/aromatic N) is 1. The lowest BCUT2D eigenvalue weighted by molar-refractivity contribution is -0.126. The van der Waals surface area contributed by atoms with E-state index in [1.165, 1.54) is 36.0 Å². The topological polar surface area (TPSA) is 111 Å². The Morgan fingerprint density at radius 3 is 2.41 bits per heavy atom. The maximum absolute atomic E-state index is 12.3. The Labute approximate surface area is 173 Å². The Hall–Kier alpha value is -3.04. The number of thioether (sulfide) groups is 1. The van der Waals surface area contributed by atoms with Gasteiger partial charge in [0.1, 0.15) is 5.75 Å². The highest BCUT2D eigenvalue weighted by molar-refractivity contribution is 7.99. The van der Waals surface area contributed by atoms with Crippen LogP contribution < -0.4 is 15.9 Å². The first-order valence-electron chi connectivity index (χ1n) is 8.92. The van der Waals surface area contributed by atoms with Gasteiger partial charge < -0.3 is 9.47 Å². The minimum atomic E-state index is -0.626. The number of benzene rings is 2. The highest BCUT2D eigenvalue weighted by Gasteiger charge is 2.19. The molecular formula is C20H23N3O5S. The van der Waals surface area contributed by atoms with E-state index in [2.05, 4.69) is 5.32 Å². The van der Waals surface area contributed by atoms with Crippen LogP contribution in [0, 0.1) is 0 Å². The lowest BCUT2D eigenvalue weighted by Gasteiger charge is -2.15. The molecule has 0 unspecified atom stereocenters. The highest BCUT2D eigenvalue weighted by atomic mass is 32.2. The van der Waals surface area contributed by atoms with Crippen molar-refractivity contribution in [3.63, 3.8) is 0 Å². The molecule has 0 fully saturated rings. The largest absolute Gasteiger partial charge is 0.493 e. The zero-order valence-corrected chi connectivity index (χ0v) is 16.8. The molecule has 29 heavy (non-hydrogen) atoms. The second-order valence-electron chi connectivity index (χ2n) is 5.71. The number of hydrogen-bond donors (Lipinski definition) is 2. The van der Waals surface area contributed by atoms with E-state index in [0.29, 0.717) is 23.1 Å². The van der Waals surface area contributed by atoms with Gasteiger partial charge in [-0.3, -0.25) is 14.9 Å². The molecule has 8 nitrogen and oxygen atoms in total. The van der Waals surface area contributed by atoms with E-state index in [4.69, 9.17) is 15.3 Å². The number of hydrazine groups is 1.